The van der Waals surface area contributed by atoms with E-state index in [9.17, 15) is 18.5 Å². The highest BCUT2D eigenvalue weighted by Crippen LogP contribution is 2.35. The van der Waals surface area contributed by atoms with Gasteiger partial charge in [0, 0.05) is 4.88 Å². The molecule has 1 aromatic heterocycles. The van der Waals surface area contributed by atoms with Crippen LogP contribution in [0.5, 0.6) is 11.5 Å². The lowest BCUT2D eigenvalue weighted by Crippen LogP contribution is -2.15. The molecular weight excluding hydrogens is 472 g/mol. The number of benzene rings is 2. The molecule has 3 rings (SSSR count). The molecule has 0 amide bonds. The Hall–Kier alpha value is -3.06. The number of nitrogens with zero attached hydrogens (tertiary/aromatic N) is 1. The summed E-state index contributed by atoms with van der Waals surface area (Å²) in [5.41, 5.74) is 1.06. The van der Waals surface area contributed by atoms with Gasteiger partial charge in [-0.15, -0.1) is 11.3 Å². The number of thiophene rings is 1. The van der Waals surface area contributed by atoms with Gasteiger partial charge < -0.3 is 9.47 Å². The fourth-order valence-electron chi connectivity index (χ4n) is 2.84. The molecule has 32 heavy (non-hydrogen) atoms. The van der Waals surface area contributed by atoms with Crippen molar-refractivity contribution >= 4 is 43.9 Å². The molecule has 0 aliphatic heterocycles. The number of carbonyl (C=O) groups is 1. The largest absolute Gasteiger partial charge is 0.462 e. The predicted molar refractivity (Wildman–Crippen MR) is 123 cm³/mol. The zero-order chi connectivity index (χ0) is 23.5. The molecule has 0 aliphatic carbocycles. The summed E-state index contributed by atoms with van der Waals surface area (Å²) in [4.78, 5) is 13.1. The molecule has 1 N–H and O–H groups in total. The van der Waals surface area contributed by atoms with Crippen LogP contribution in [0.2, 0.25) is 5.02 Å². The zero-order valence-corrected chi connectivity index (χ0v) is 19.8. The Kier molecular flexibility index (Phi) is 7.09. The van der Waals surface area contributed by atoms with Crippen molar-refractivity contribution in [2.45, 2.75) is 25.7 Å². The summed E-state index contributed by atoms with van der Waals surface area (Å²) in [6, 6.07) is 12.5. The molecule has 10 heteroatoms. The minimum Gasteiger partial charge on any atom is -0.462 e. The van der Waals surface area contributed by atoms with E-state index in [0.29, 0.717) is 11.3 Å². The highest BCUT2D eigenvalue weighted by atomic mass is 35.5. The average Bonchev–Trinajstić information content (AvgIpc) is 3.01. The number of nitriles is 1. The van der Waals surface area contributed by atoms with Crippen LogP contribution in [0.15, 0.2) is 47.4 Å². The normalized spacial score (nSPS) is 11.0. The third-order valence-corrected chi connectivity index (χ3v) is 7.47. The van der Waals surface area contributed by atoms with Gasteiger partial charge in [0.1, 0.15) is 28.1 Å². The first-order chi connectivity index (χ1) is 15.2. The van der Waals surface area contributed by atoms with E-state index in [4.69, 9.17) is 21.1 Å². The van der Waals surface area contributed by atoms with E-state index >= 15 is 0 Å². The number of halogens is 1. The zero-order valence-electron chi connectivity index (χ0n) is 17.4. The van der Waals surface area contributed by atoms with E-state index in [2.05, 4.69) is 4.72 Å². The first-order valence-electron chi connectivity index (χ1n) is 9.44. The summed E-state index contributed by atoms with van der Waals surface area (Å²) in [5, 5.41) is 9.71. The second-order valence-corrected chi connectivity index (χ2v) is 9.93. The van der Waals surface area contributed by atoms with Gasteiger partial charge in [0.15, 0.2) is 0 Å². The monoisotopic (exact) mass is 490 g/mol. The number of nitrogens with one attached hydrogen (secondary N) is 1. The summed E-state index contributed by atoms with van der Waals surface area (Å²) >= 11 is 7.17. The molecule has 0 unspecified atom stereocenters. The van der Waals surface area contributed by atoms with Gasteiger partial charge in [-0.3, -0.25) is 4.72 Å². The molecule has 3 aromatic rings. The van der Waals surface area contributed by atoms with Gasteiger partial charge in [-0.1, -0.05) is 17.7 Å². The number of sulfonamides is 1. The summed E-state index contributed by atoms with van der Waals surface area (Å²) in [7, 11) is -3.97. The van der Waals surface area contributed by atoms with Gasteiger partial charge in [0.25, 0.3) is 10.0 Å². The topological polar surface area (TPSA) is 105 Å². The van der Waals surface area contributed by atoms with Gasteiger partial charge in [0.2, 0.25) is 0 Å². The minimum atomic E-state index is -3.97. The second-order valence-electron chi connectivity index (χ2n) is 6.61. The maximum absolute atomic E-state index is 12.9. The molecule has 1 heterocycles. The Balaban J connectivity index is 1.86. The molecule has 0 saturated carbocycles. The van der Waals surface area contributed by atoms with Crippen molar-refractivity contribution in [3.05, 3.63) is 69.1 Å². The molecule has 166 valence electrons. The van der Waals surface area contributed by atoms with Crippen molar-refractivity contribution < 1.29 is 22.7 Å². The predicted octanol–water partition coefficient (Wildman–Crippen LogP) is 5.66. The lowest BCUT2D eigenvalue weighted by atomic mass is 10.2. The van der Waals surface area contributed by atoms with Crippen LogP contribution in [0.1, 0.15) is 33.3 Å². The van der Waals surface area contributed by atoms with Crippen LogP contribution >= 0.6 is 22.9 Å². The van der Waals surface area contributed by atoms with Gasteiger partial charge in [-0.25, -0.2) is 13.2 Å². The molecule has 0 saturated heterocycles. The summed E-state index contributed by atoms with van der Waals surface area (Å²) in [6.45, 7) is 5.41. The number of hydrogen-bond acceptors (Lipinski definition) is 7. The van der Waals surface area contributed by atoms with Crippen molar-refractivity contribution in [3.8, 4) is 17.6 Å². The van der Waals surface area contributed by atoms with Crippen LogP contribution in [0.3, 0.4) is 0 Å². The first kappa shape index (κ1) is 23.6. The minimum absolute atomic E-state index is 0.0186. The molecule has 0 spiro atoms. The molecule has 0 bridgehead atoms. The second kappa shape index (κ2) is 9.61. The van der Waals surface area contributed by atoms with Gasteiger partial charge in [0.05, 0.1) is 22.1 Å². The molecule has 0 aliphatic rings. The smallest absolute Gasteiger partial charge is 0.341 e. The summed E-state index contributed by atoms with van der Waals surface area (Å²) in [5.74, 6) is 0.0145. The quantitative estimate of drug-likeness (QED) is 0.428. The Bertz CT molecular complexity index is 1310. The number of aryl methyl sites for hydroxylation is 1. The molecular formula is C22H19ClN2O5S2. The van der Waals surface area contributed by atoms with Crippen molar-refractivity contribution in [1.29, 1.82) is 5.26 Å². The van der Waals surface area contributed by atoms with E-state index in [1.165, 1.54) is 35.6 Å². The Morgan fingerprint density at radius 3 is 2.50 bits per heavy atom. The fourth-order valence-corrected chi connectivity index (χ4v) is 5.40. The maximum atomic E-state index is 12.9. The molecule has 2 aromatic carbocycles. The molecule has 0 fully saturated rings. The Morgan fingerprint density at radius 2 is 1.88 bits per heavy atom. The lowest BCUT2D eigenvalue weighted by molar-refractivity contribution is 0.0527. The number of anilines is 1. The number of ether oxygens (including phenoxy) is 2. The van der Waals surface area contributed by atoms with E-state index in [1.54, 1.807) is 39.0 Å². The van der Waals surface area contributed by atoms with Gasteiger partial charge >= 0.3 is 5.97 Å². The van der Waals surface area contributed by atoms with Gasteiger partial charge in [-0.05, 0) is 62.7 Å². The summed E-state index contributed by atoms with van der Waals surface area (Å²) < 4.78 is 39.1. The number of rotatable bonds is 7. The molecule has 0 atom stereocenters. The van der Waals surface area contributed by atoms with Crippen molar-refractivity contribution in [2.24, 2.45) is 0 Å². The van der Waals surface area contributed by atoms with E-state index < -0.39 is 16.0 Å². The van der Waals surface area contributed by atoms with Crippen LogP contribution in [0.25, 0.3) is 0 Å². The molecule has 7 nitrogen and oxygen atoms in total. The lowest BCUT2D eigenvalue weighted by Gasteiger charge is -2.11. The SMILES string of the molecule is CCOC(=O)c1c(NS(=O)(=O)c2ccc(Oc3cccc(Cl)c3C#N)cc2)sc(C)c1C. The van der Waals surface area contributed by atoms with Crippen LogP contribution in [0, 0.1) is 25.2 Å². The Labute approximate surface area is 195 Å². The summed E-state index contributed by atoms with van der Waals surface area (Å²) in [6.07, 6.45) is 0. The van der Waals surface area contributed by atoms with Crippen LogP contribution in [0.4, 0.5) is 5.00 Å². The Morgan fingerprint density at radius 1 is 1.19 bits per heavy atom. The highest BCUT2D eigenvalue weighted by molar-refractivity contribution is 7.93. The third-order valence-electron chi connectivity index (χ3n) is 4.54. The van der Waals surface area contributed by atoms with Crippen molar-refractivity contribution in [3.63, 3.8) is 0 Å². The van der Waals surface area contributed by atoms with Crippen LogP contribution in [-0.2, 0) is 14.8 Å². The standard InChI is InChI=1S/C22H19ClN2O5S2/c1-4-29-22(26)20-13(2)14(3)31-21(20)25-32(27,28)16-10-8-15(9-11-16)30-19-7-5-6-18(23)17(19)12-24/h5-11,25H,4H2,1-3H3. The molecule has 0 radical (unpaired) electrons. The van der Waals surface area contributed by atoms with Crippen molar-refractivity contribution in [2.75, 3.05) is 11.3 Å². The van der Waals surface area contributed by atoms with E-state index in [0.717, 1.165) is 4.88 Å². The van der Waals surface area contributed by atoms with Crippen LogP contribution < -0.4 is 9.46 Å². The highest BCUT2D eigenvalue weighted by Gasteiger charge is 2.25. The number of esters is 1. The third kappa shape index (κ3) is 4.88. The number of hydrogen-bond donors (Lipinski definition) is 1. The fraction of sp³-hybridized carbons (Fsp3) is 0.182. The first-order valence-corrected chi connectivity index (χ1v) is 12.1. The number of carbonyl (C=O) groups excluding carboxylic acids is 1. The van der Waals surface area contributed by atoms with Crippen LogP contribution in [-0.4, -0.2) is 21.0 Å². The van der Waals surface area contributed by atoms with Crippen molar-refractivity contribution in [1.82, 2.24) is 0 Å². The van der Waals surface area contributed by atoms with E-state index in [-0.39, 0.29) is 38.4 Å². The maximum Gasteiger partial charge on any atom is 0.341 e. The van der Waals surface area contributed by atoms with Gasteiger partial charge in [-0.2, -0.15) is 5.26 Å². The average molecular weight is 491 g/mol. The van der Waals surface area contributed by atoms with E-state index in [1.807, 2.05) is 6.07 Å².